The topological polar surface area (TPSA) is 103 Å². The summed E-state index contributed by atoms with van der Waals surface area (Å²) in [6.07, 6.45) is 1.40. The van der Waals surface area contributed by atoms with Crippen molar-refractivity contribution < 1.29 is 33.1 Å². The zero-order valence-corrected chi connectivity index (χ0v) is 18.8. The van der Waals surface area contributed by atoms with E-state index in [2.05, 4.69) is 0 Å². The molecule has 174 valence electrons. The molecule has 1 amide bonds. The molecule has 2 aromatic carbocycles. The van der Waals surface area contributed by atoms with Gasteiger partial charge < -0.3 is 18.8 Å². The van der Waals surface area contributed by atoms with E-state index in [-0.39, 0.29) is 30.4 Å². The summed E-state index contributed by atoms with van der Waals surface area (Å²) < 4.78 is 15.3. The van der Waals surface area contributed by atoms with Crippen LogP contribution in [0, 0.1) is 19.8 Å². The highest BCUT2D eigenvalue weighted by Crippen LogP contribution is 2.29. The molecule has 0 unspecified atom stereocenters. The Morgan fingerprint density at radius 2 is 1.82 bits per heavy atom. The number of ether oxygens (including phenoxy) is 2. The number of ketones is 1. The van der Waals surface area contributed by atoms with E-state index in [0.29, 0.717) is 5.56 Å². The van der Waals surface area contributed by atoms with E-state index in [1.54, 1.807) is 11.0 Å². The first kappa shape index (κ1) is 23.0. The molecule has 0 N–H and O–H groups in total. The van der Waals surface area contributed by atoms with Crippen molar-refractivity contribution >= 4 is 29.3 Å². The van der Waals surface area contributed by atoms with Gasteiger partial charge in [-0.25, -0.2) is 4.79 Å². The smallest absolute Gasteiger partial charge is 0.379 e. The molecule has 1 aromatic heterocycles. The molecule has 0 saturated carbocycles. The number of benzene rings is 2. The van der Waals surface area contributed by atoms with E-state index in [9.17, 15) is 19.2 Å². The van der Waals surface area contributed by atoms with Crippen molar-refractivity contribution in [3.63, 3.8) is 0 Å². The molecule has 1 fully saturated rings. The van der Waals surface area contributed by atoms with Crippen LogP contribution in [0.4, 0.5) is 5.69 Å². The van der Waals surface area contributed by atoms with Crippen molar-refractivity contribution in [2.45, 2.75) is 20.3 Å². The Kier molecular flexibility index (Phi) is 6.58. The standard InChI is InChI=1S/C26H23NO7/c1-16-5-6-17(2)21(12-16)27-14-19(13-24(27)29)25(30)33-15-22(28)18-7-9-20(10-8-18)34-26(31)23-4-3-11-32-23/h3-12,19H,13-15H2,1-2H3/t19-/m0/s1. The Labute approximate surface area is 196 Å². The van der Waals surface area contributed by atoms with Gasteiger partial charge in [0.05, 0.1) is 12.2 Å². The minimum Gasteiger partial charge on any atom is -0.457 e. The van der Waals surface area contributed by atoms with Crippen molar-refractivity contribution in [2.24, 2.45) is 5.92 Å². The maximum Gasteiger partial charge on any atom is 0.379 e. The zero-order chi connectivity index (χ0) is 24.2. The summed E-state index contributed by atoms with van der Waals surface area (Å²) in [5, 5.41) is 0. The molecule has 1 aliphatic heterocycles. The Morgan fingerprint density at radius 3 is 2.53 bits per heavy atom. The minimum atomic E-state index is -0.654. The predicted octanol–water partition coefficient (Wildman–Crippen LogP) is 3.89. The number of furan rings is 1. The van der Waals surface area contributed by atoms with Crippen LogP contribution in [0.3, 0.4) is 0 Å². The fourth-order valence-corrected chi connectivity index (χ4v) is 3.71. The van der Waals surface area contributed by atoms with Crippen LogP contribution in [0.1, 0.15) is 38.5 Å². The van der Waals surface area contributed by atoms with E-state index in [0.717, 1.165) is 16.8 Å². The van der Waals surface area contributed by atoms with Crippen LogP contribution >= 0.6 is 0 Å². The van der Waals surface area contributed by atoms with Gasteiger partial charge in [-0.1, -0.05) is 12.1 Å². The van der Waals surface area contributed by atoms with Crippen molar-refractivity contribution in [3.05, 3.63) is 83.3 Å². The number of rotatable bonds is 7. The van der Waals surface area contributed by atoms with Crippen LogP contribution in [0.2, 0.25) is 0 Å². The molecular weight excluding hydrogens is 438 g/mol. The van der Waals surface area contributed by atoms with Crippen molar-refractivity contribution in [2.75, 3.05) is 18.1 Å². The number of hydrogen-bond acceptors (Lipinski definition) is 7. The van der Waals surface area contributed by atoms with Gasteiger partial charge in [0.25, 0.3) is 0 Å². The summed E-state index contributed by atoms with van der Waals surface area (Å²) in [5.41, 5.74) is 3.04. The molecule has 0 bridgehead atoms. The number of aryl methyl sites for hydroxylation is 2. The molecule has 2 heterocycles. The number of esters is 2. The Bertz CT molecular complexity index is 1230. The highest BCUT2D eigenvalue weighted by Gasteiger charge is 2.37. The lowest BCUT2D eigenvalue weighted by Crippen LogP contribution is -2.27. The second-order valence-corrected chi connectivity index (χ2v) is 8.12. The molecule has 1 atom stereocenters. The average Bonchev–Trinajstić information content (AvgIpc) is 3.50. The number of carbonyl (C=O) groups is 4. The first-order valence-corrected chi connectivity index (χ1v) is 10.7. The highest BCUT2D eigenvalue weighted by molar-refractivity contribution is 6.01. The largest absolute Gasteiger partial charge is 0.457 e. The van der Waals surface area contributed by atoms with E-state index >= 15 is 0 Å². The summed E-state index contributed by atoms with van der Waals surface area (Å²) in [7, 11) is 0. The van der Waals surface area contributed by atoms with Gasteiger partial charge in [-0.3, -0.25) is 14.4 Å². The molecule has 34 heavy (non-hydrogen) atoms. The molecule has 8 nitrogen and oxygen atoms in total. The summed E-state index contributed by atoms with van der Waals surface area (Å²) >= 11 is 0. The maximum atomic E-state index is 12.5. The van der Waals surface area contributed by atoms with Gasteiger partial charge in [0, 0.05) is 24.2 Å². The summed E-state index contributed by atoms with van der Waals surface area (Å²) in [6.45, 7) is 3.62. The zero-order valence-electron chi connectivity index (χ0n) is 18.8. The second-order valence-electron chi connectivity index (χ2n) is 8.12. The molecule has 0 spiro atoms. The van der Waals surface area contributed by atoms with E-state index in [1.165, 1.54) is 36.6 Å². The van der Waals surface area contributed by atoms with Gasteiger partial charge in [0.2, 0.25) is 11.7 Å². The lowest BCUT2D eigenvalue weighted by atomic mass is 10.1. The maximum absolute atomic E-state index is 12.5. The average molecular weight is 461 g/mol. The van der Waals surface area contributed by atoms with Gasteiger partial charge in [-0.15, -0.1) is 0 Å². The molecule has 1 aliphatic rings. The lowest BCUT2D eigenvalue weighted by molar-refractivity contribution is -0.147. The molecule has 0 aliphatic carbocycles. The van der Waals surface area contributed by atoms with Gasteiger partial charge >= 0.3 is 11.9 Å². The number of hydrogen-bond donors (Lipinski definition) is 0. The molecule has 4 rings (SSSR count). The molecule has 1 saturated heterocycles. The lowest BCUT2D eigenvalue weighted by Gasteiger charge is -2.19. The molecule has 3 aromatic rings. The van der Waals surface area contributed by atoms with Crippen LogP contribution in [0.15, 0.2) is 65.3 Å². The van der Waals surface area contributed by atoms with Gasteiger partial charge in [-0.2, -0.15) is 0 Å². The van der Waals surface area contributed by atoms with Gasteiger partial charge in [-0.05, 0) is 67.4 Å². The minimum absolute atomic E-state index is 0.0378. The molecule has 8 heteroatoms. The van der Waals surface area contributed by atoms with Crippen molar-refractivity contribution in [1.82, 2.24) is 0 Å². The van der Waals surface area contributed by atoms with E-state index in [4.69, 9.17) is 13.9 Å². The van der Waals surface area contributed by atoms with Crippen LogP contribution in [-0.4, -0.2) is 36.8 Å². The SMILES string of the molecule is Cc1ccc(C)c(N2C[C@@H](C(=O)OCC(=O)c3ccc(OC(=O)c4ccco4)cc3)CC2=O)c1. The first-order chi connectivity index (χ1) is 16.3. The van der Waals surface area contributed by atoms with Crippen LogP contribution < -0.4 is 9.64 Å². The Morgan fingerprint density at radius 1 is 1.06 bits per heavy atom. The number of Topliss-reactive ketones (excluding diaryl/α,β-unsaturated/α-hetero) is 1. The Hall–Kier alpha value is -4.20. The van der Waals surface area contributed by atoms with Crippen molar-refractivity contribution in [3.8, 4) is 5.75 Å². The number of nitrogens with zero attached hydrogens (tertiary/aromatic N) is 1. The van der Waals surface area contributed by atoms with Crippen LogP contribution in [-0.2, 0) is 14.3 Å². The number of amides is 1. The summed E-state index contributed by atoms with van der Waals surface area (Å²) in [5.74, 6) is -2.13. The predicted molar refractivity (Wildman–Crippen MR) is 122 cm³/mol. The number of carbonyl (C=O) groups excluding carboxylic acids is 4. The first-order valence-electron chi connectivity index (χ1n) is 10.7. The Balaban J connectivity index is 1.30. The summed E-state index contributed by atoms with van der Waals surface area (Å²) in [4.78, 5) is 51.0. The van der Waals surface area contributed by atoms with E-state index < -0.39 is 30.2 Å². The summed E-state index contributed by atoms with van der Waals surface area (Å²) in [6, 6.07) is 14.7. The quantitative estimate of drug-likeness (QED) is 0.299. The van der Waals surface area contributed by atoms with Crippen LogP contribution in [0.5, 0.6) is 5.75 Å². The molecule has 0 radical (unpaired) electrons. The second kappa shape index (κ2) is 9.74. The third-order valence-corrected chi connectivity index (χ3v) is 5.57. The fraction of sp³-hybridized carbons (Fsp3) is 0.231. The van der Waals surface area contributed by atoms with Crippen LogP contribution in [0.25, 0.3) is 0 Å². The van der Waals surface area contributed by atoms with Crippen molar-refractivity contribution in [1.29, 1.82) is 0 Å². The monoisotopic (exact) mass is 461 g/mol. The van der Waals surface area contributed by atoms with Gasteiger partial charge in [0.15, 0.2) is 12.4 Å². The third-order valence-electron chi connectivity index (χ3n) is 5.57. The third kappa shape index (κ3) is 5.06. The normalized spacial score (nSPS) is 15.3. The fourth-order valence-electron chi connectivity index (χ4n) is 3.71. The highest BCUT2D eigenvalue weighted by atomic mass is 16.5. The van der Waals surface area contributed by atoms with E-state index in [1.807, 2.05) is 32.0 Å². The van der Waals surface area contributed by atoms with Gasteiger partial charge in [0.1, 0.15) is 5.75 Å². The number of anilines is 1. The molecular formula is C26H23NO7.